The van der Waals surface area contributed by atoms with Crippen LogP contribution in [-0.2, 0) is 0 Å². The third kappa shape index (κ3) is 2.90. The lowest BCUT2D eigenvalue weighted by Crippen LogP contribution is -2.17. The highest BCUT2D eigenvalue weighted by molar-refractivity contribution is 6.03. The predicted octanol–water partition coefficient (Wildman–Crippen LogP) is 2.19. The number of carbonyl (C=O) groups is 1. The van der Waals surface area contributed by atoms with Gasteiger partial charge in [-0.3, -0.25) is 10.1 Å². The third-order valence-electron chi connectivity index (χ3n) is 2.69. The van der Waals surface area contributed by atoms with Crippen molar-refractivity contribution < 1.29 is 9.18 Å². The number of nitrogens with zero attached hydrogens (tertiary/aromatic N) is 3. The Morgan fingerprint density at radius 3 is 2.53 bits per heavy atom. The zero-order valence-corrected chi connectivity index (χ0v) is 10.9. The van der Waals surface area contributed by atoms with Gasteiger partial charge in [-0.25, -0.2) is 9.37 Å². The van der Waals surface area contributed by atoms with Gasteiger partial charge in [-0.1, -0.05) is 6.07 Å². The van der Waals surface area contributed by atoms with Gasteiger partial charge < -0.3 is 0 Å². The van der Waals surface area contributed by atoms with Crippen molar-refractivity contribution in [3.8, 4) is 0 Å². The number of benzene rings is 1. The van der Waals surface area contributed by atoms with Crippen molar-refractivity contribution in [3.05, 3.63) is 46.5 Å². The van der Waals surface area contributed by atoms with Gasteiger partial charge in [0, 0.05) is 0 Å². The van der Waals surface area contributed by atoms with E-state index in [0.717, 1.165) is 5.56 Å². The zero-order valence-electron chi connectivity index (χ0n) is 10.9. The van der Waals surface area contributed by atoms with Crippen LogP contribution in [0.25, 0.3) is 0 Å². The average Bonchev–Trinajstić information content (AvgIpc) is 2.33. The molecule has 19 heavy (non-hydrogen) atoms. The molecule has 0 saturated carbocycles. The monoisotopic (exact) mass is 260 g/mol. The fourth-order valence-corrected chi connectivity index (χ4v) is 1.48. The maximum atomic E-state index is 13.6. The lowest BCUT2D eigenvalue weighted by molar-refractivity contribution is 0.102. The second kappa shape index (κ2) is 5.09. The highest BCUT2D eigenvalue weighted by Crippen LogP contribution is 2.11. The number of hydrogen-bond acceptors (Lipinski definition) is 4. The number of amides is 1. The molecular formula is C13H13FN4O. The summed E-state index contributed by atoms with van der Waals surface area (Å²) in [6, 6.07) is 4.39. The van der Waals surface area contributed by atoms with E-state index < -0.39 is 11.7 Å². The molecule has 0 fully saturated rings. The van der Waals surface area contributed by atoms with Gasteiger partial charge in [0.15, 0.2) is 0 Å². The molecule has 0 atom stereocenters. The quantitative estimate of drug-likeness (QED) is 0.898. The molecule has 1 heterocycles. The van der Waals surface area contributed by atoms with Gasteiger partial charge in [0.1, 0.15) is 5.82 Å². The minimum Gasteiger partial charge on any atom is -0.289 e. The van der Waals surface area contributed by atoms with E-state index in [1.807, 2.05) is 0 Å². The van der Waals surface area contributed by atoms with E-state index in [4.69, 9.17) is 0 Å². The smallest absolute Gasteiger partial charge is 0.261 e. The Bertz CT molecular complexity index is 643. The molecule has 2 rings (SSSR count). The second-order valence-electron chi connectivity index (χ2n) is 4.24. The standard InChI is InChI=1S/C13H13FN4O/c1-7-4-5-10(11(14)6-7)12(19)16-13-15-8(2)9(3)17-18-13/h4-6H,1-3H3,(H,15,16,18,19). The number of nitrogens with one attached hydrogen (secondary N) is 1. The number of carbonyl (C=O) groups excluding carboxylic acids is 1. The summed E-state index contributed by atoms with van der Waals surface area (Å²) < 4.78 is 13.6. The van der Waals surface area contributed by atoms with Gasteiger partial charge in [0.2, 0.25) is 5.95 Å². The normalized spacial score (nSPS) is 10.3. The first-order valence-electron chi connectivity index (χ1n) is 5.73. The molecule has 1 amide bonds. The molecule has 98 valence electrons. The third-order valence-corrected chi connectivity index (χ3v) is 2.69. The molecule has 0 unspecified atom stereocenters. The van der Waals surface area contributed by atoms with Crippen molar-refractivity contribution in [3.63, 3.8) is 0 Å². The van der Waals surface area contributed by atoms with Crippen LogP contribution in [0.2, 0.25) is 0 Å². The molecule has 5 nitrogen and oxygen atoms in total. The summed E-state index contributed by atoms with van der Waals surface area (Å²) in [4.78, 5) is 15.9. The van der Waals surface area contributed by atoms with Gasteiger partial charge in [-0.2, -0.15) is 5.10 Å². The number of anilines is 1. The number of aryl methyl sites for hydroxylation is 3. The van der Waals surface area contributed by atoms with Gasteiger partial charge in [0.25, 0.3) is 5.91 Å². The van der Waals surface area contributed by atoms with Crippen LogP contribution in [0.5, 0.6) is 0 Å². The van der Waals surface area contributed by atoms with Crippen LogP contribution in [0, 0.1) is 26.6 Å². The number of rotatable bonds is 2. The second-order valence-corrected chi connectivity index (χ2v) is 4.24. The zero-order chi connectivity index (χ0) is 14.0. The lowest BCUT2D eigenvalue weighted by Gasteiger charge is -2.06. The minimum atomic E-state index is -0.595. The molecule has 0 saturated heterocycles. The van der Waals surface area contributed by atoms with E-state index in [1.165, 1.54) is 12.1 Å². The topological polar surface area (TPSA) is 67.8 Å². The average molecular weight is 260 g/mol. The fraction of sp³-hybridized carbons (Fsp3) is 0.231. The van der Waals surface area contributed by atoms with Crippen LogP contribution >= 0.6 is 0 Å². The van der Waals surface area contributed by atoms with Crippen molar-refractivity contribution in [2.24, 2.45) is 0 Å². The van der Waals surface area contributed by atoms with Crippen LogP contribution in [0.3, 0.4) is 0 Å². The van der Waals surface area contributed by atoms with E-state index >= 15 is 0 Å². The van der Waals surface area contributed by atoms with E-state index in [0.29, 0.717) is 11.4 Å². The van der Waals surface area contributed by atoms with Crippen LogP contribution in [0.4, 0.5) is 10.3 Å². The van der Waals surface area contributed by atoms with Crippen molar-refractivity contribution in [1.29, 1.82) is 0 Å². The van der Waals surface area contributed by atoms with Crippen LogP contribution < -0.4 is 5.32 Å². The molecule has 1 aromatic heterocycles. The summed E-state index contributed by atoms with van der Waals surface area (Å²) in [6.07, 6.45) is 0. The number of hydrogen-bond donors (Lipinski definition) is 1. The maximum Gasteiger partial charge on any atom is 0.261 e. The Morgan fingerprint density at radius 2 is 1.89 bits per heavy atom. The first-order valence-corrected chi connectivity index (χ1v) is 5.73. The summed E-state index contributed by atoms with van der Waals surface area (Å²) in [5, 5.41) is 10.0. The molecule has 0 spiro atoms. The van der Waals surface area contributed by atoms with E-state index in [9.17, 15) is 9.18 Å². The Morgan fingerprint density at radius 1 is 1.16 bits per heavy atom. The highest BCUT2D eigenvalue weighted by Gasteiger charge is 2.13. The Labute approximate surface area is 109 Å². The van der Waals surface area contributed by atoms with Crippen LogP contribution in [0.15, 0.2) is 18.2 Å². The summed E-state index contributed by atoms with van der Waals surface area (Å²) >= 11 is 0. The Balaban J connectivity index is 2.23. The van der Waals surface area contributed by atoms with Crippen molar-refractivity contribution in [1.82, 2.24) is 15.2 Å². The fourth-order valence-electron chi connectivity index (χ4n) is 1.48. The molecule has 6 heteroatoms. The van der Waals surface area contributed by atoms with E-state index in [2.05, 4.69) is 20.5 Å². The van der Waals surface area contributed by atoms with Gasteiger partial charge in [-0.15, -0.1) is 5.10 Å². The molecule has 1 aromatic carbocycles. The first kappa shape index (κ1) is 13.1. The minimum absolute atomic E-state index is 0.0487. The van der Waals surface area contributed by atoms with Crippen molar-refractivity contribution >= 4 is 11.9 Å². The van der Waals surface area contributed by atoms with Crippen molar-refractivity contribution in [2.75, 3.05) is 5.32 Å². The molecular weight excluding hydrogens is 247 g/mol. The number of halogens is 1. The summed E-state index contributed by atoms with van der Waals surface area (Å²) in [7, 11) is 0. The van der Waals surface area contributed by atoms with Crippen molar-refractivity contribution in [2.45, 2.75) is 20.8 Å². The molecule has 0 aliphatic rings. The van der Waals surface area contributed by atoms with E-state index in [-0.39, 0.29) is 11.5 Å². The molecule has 0 aliphatic carbocycles. The molecule has 0 radical (unpaired) electrons. The number of aromatic nitrogens is 3. The SMILES string of the molecule is Cc1ccc(C(=O)Nc2nnc(C)c(C)n2)c(F)c1. The highest BCUT2D eigenvalue weighted by atomic mass is 19.1. The van der Waals surface area contributed by atoms with Crippen LogP contribution in [-0.4, -0.2) is 21.1 Å². The largest absolute Gasteiger partial charge is 0.289 e. The molecule has 2 aromatic rings. The molecule has 0 bridgehead atoms. The summed E-state index contributed by atoms with van der Waals surface area (Å²) in [5.41, 5.74) is 2.04. The van der Waals surface area contributed by atoms with Gasteiger partial charge in [0.05, 0.1) is 17.0 Å². The maximum absolute atomic E-state index is 13.6. The first-order chi connectivity index (χ1) is 8.97. The van der Waals surface area contributed by atoms with E-state index in [1.54, 1.807) is 26.8 Å². The Kier molecular flexibility index (Phi) is 3.50. The predicted molar refractivity (Wildman–Crippen MR) is 68.4 cm³/mol. The molecule has 1 N–H and O–H groups in total. The Hall–Kier alpha value is -2.37. The molecule has 0 aliphatic heterocycles. The lowest BCUT2D eigenvalue weighted by atomic mass is 10.1. The van der Waals surface area contributed by atoms with Crippen LogP contribution in [0.1, 0.15) is 27.3 Å². The van der Waals surface area contributed by atoms with Gasteiger partial charge >= 0.3 is 0 Å². The summed E-state index contributed by atoms with van der Waals surface area (Å²) in [5.74, 6) is -1.11. The van der Waals surface area contributed by atoms with Gasteiger partial charge in [-0.05, 0) is 38.5 Å². The summed E-state index contributed by atoms with van der Waals surface area (Å²) in [6.45, 7) is 5.27.